The van der Waals surface area contributed by atoms with E-state index in [0.29, 0.717) is 12.6 Å². The fourth-order valence-corrected chi connectivity index (χ4v) is 3.12. The molecule has 0 aromatic carbocycles. The van der Waals surface area contributed by atoms with E-state index in [-0.39, 0.29) is 18.2 Å². The molecule has 4 nitrogen and oxygen atoms in total. The predicted molar refractivity (Wildman–Crippen MR) is 72.7 cm³/mol. The van der Waals surface area contributed by atoms with E-state index in [1.807, 2.05) is 0 Å². The number of aliphatic hydroxyl groups is 1. The second-order valence-electron chi connectivity index (χ2n) is 5.60. The Morgan fingerprint density at radius 1 is 1.22 bits per heavy atom. The Morgan fingerprint density at radius 3 is 2.50 bits per heavy atom. The standard InChI is InChI=1S/C14H28N2O2/c1-3-16(4-2)9-13-14(17)12(10-18-13)15-11-7-5-6-8-11/h11-15,17H,3-10H2,1-2H3. The summed E-state index contributed by atoms with van der Waals surface area (Å²) >= 11 is 0. The van der Waals surface area contributed by atoms with E-state index in [1.165, 1.54) is 25.7 Å². The van der Waals surface area contributed by atoms with Crippen LogP contribution < -0.4 is 5.32 Å². The molecule has 3 atom stereocenters. The van der Waals surface area contributed by atoms with Gasteiger partial charge in [-0.3, -0.25) is 0 Å². The van der Waals surface area contributed by atoms with Gasteiger partial charge in [-0.05, 0) is 25.9 Å². The van der Waals surface area contributed by atoms with Gasteiger partial charge in [-0.2, -0.15) is 0 Å². The van der Waals surface area contributed by atoms with Crippen molar-refractivity contribution >= 4 is 0 Å². The van der Waals surface area contributed by atoms with E-state index in [2.05, 4.69) is 24.1 Å². The van der Waals surface area contributed by atoms with Crippen molar-refractivity contribution < 1.29 is 9.84 Å². The average Bonchev–Trinajstić information content (AvgIpc) is 3.00. The van der Waals surface area contributed by atoms with Crippen molar-refractivity contribution in [3.63, 3.8) is 0 Å². The number of rotatable bonds is 6. The molecule has 1 saturated carbocycles. The van der Waals surface area contributed by atoms with Gasteiger partial charge in [0.05, 0.1) is 24.9 Å². The Hall–Kier alpha value is -0.160. The molecule has 2 N–H and O–H groups in total. The highest BCUT2D eigenvalue weighted by molar-refractivity contribution is 4.92. The number of nitrogens with one attached hydrogen (secondary N) is 1. The molecule has 0 radical (unpaired) electrons. The lowest BCUT2D eigenvalue weighted by Gasteiger charge is -2.25. The molecule has 0 bridgehead atoms. The first-order valence-electron chi connectivity index (χ1n) is 7.52. The zero-order chi connectivity index (χ0) is 13.0. The van der Waals surface area contributed by atoms with E-state index in [9.17, 15) is 5.11 Å². The van der Waals surface area contributed by atoms with Gasteiger partial charge in [0.15, 0.2) is 0 Å². The minimum Gasteiger partial charge on any atom is -0.389 e. The van der Waals surface area contributed by atoms with Crippen LogP contribution >= 0.6 is 0 Å². The second kappa shape index (κ2) is 6.85. The molecule has 2 fully saturated rings. The number of likely N-dealkylation sites (N-methyl/N-ethyl adjacent to an activating group) is 1. The first kappa shape index (κ1) is 14.3. The molecule has 3 unspecified atom stereocenters. The summed E-state index contributed by atoms with van der Waals surface area (Å²) in [5, 5.41) is 13.9. The van der Waals surface area contributed by atoms with Gasteiger partial charge in [0.1, 0.15) is 0 Å². The number of hydrogen-bond acceptors (Lipinski definition) is 4. The van der Waals surface area contributed by atoms with Crippen molar-refractivity contribution in [3.05, 3.63) is 0 Å². The molecule has 4 heteroatoms. The van der Waals surface area contributed by atoms with Crippen LogP contribution in [0.3, 0.4) is 0 Å². The molecule has 1 aliphatic carbocycles. The van der Waals surface area contributed by atoms with Gasteiger partial charge in [-0.25, -0.2) is 0 Å². The minimum atomic E-state index is -0.355. The van der Waals surface area contributed by atoms with E-state index >= 15 is 0 Å². The first-order chi connectivity index (χ1) is 8.74. The lowest BCUT2D eigenvalue weighted by Crippen LogP contribution is -2.47. The zero-order valence-electron chi connectivity index (χ0n) is 11.8. The monoisotopic (exact) mass is 256 g/mol. The molecule has 0 amide bonds. The molecule has 1 saturated heterocycles. The zero-order valence-corrected chi connectivity index (χ0v) is 11.8. The molecular weight excluding hydrogens is 228 g/mol. The van der Waals surface area contributed by atoms with Gasteiger partial charge in [-0.15, -0.1) is 0 Å². The summed E-state index contributed by atoms with van der Waals surface area (Å²) in [5.41, 5.74) is 0. The lowest BCUT2D eigenvalue weighted by atomic mass is 10.1. The van der Waals surface area contributed by atoms with Crippen LogP contribution in [0.2, 0.25) is 0 Å². The summed E-state index contributed by atoms with van der Waals surface area (Å²) in [7, 11) is 0. The normalized spacial score (nSPS) is 33.7. The van der Waals surface area contributed by atoms with Crippen molar-refractivity contribution in [1.82, 2.24) is 10.2 Å². The van der Waals surface area contributed by atoms with Crippen LogP contribution in [0, 0.1) is 0 Å². The Bertz CT molecular complexity index is 228. The van der Waals surface area contributed by atoms with Crippen LogP contribution in [0.15, 0.2) is 0 Å². The molecule has 1 heterocycles. The van der Waals surface area contributed by atoms with Crippen LogP contribution in [0.1, 0.15) is 39.5 Å². The van der Waals surface area contributed by atoms with Crippen LogP contribution in [0.25, 0.3) is 0 Å². The van der Waals surface area contributed by atoms with Gasteiger partial charge >= 0.3 is 0 Å². The molecule has 2 rings (SSSR count). The van der Waals surface area contributed by atoms with Crippen molar-refractivity contribution in [2.45, 2.75) is 63.8 Å². The van der Waals surface area contributed by atoms with Crippen molar-refractivity contribution in [3.8, 4) is 0 Å². The van der Waals surface area contributed by atoms with E-state index in [4.69, 9.17) is 4.74 Å². The highest BCUT2D eigenvalue weighted by Gasteiger charge is 2.37. The quantitative estimate of drug-likeness (QED) is 0.744. The second-order valence-corrected chi connectivity index (χ2v) is 5.60. The van der Waals surface area contributed by atoms with E-state index < -0.39 is 0 Å². The largest absolute Gasteiger partial charge is 0.389 e. The maximum atomic E-state index is 10.3. The third-order valence-electron chi connectivity index (χ3n) is 4.42. The van der Waals surface area contributed by atoms with E-state index in [0.717, 1.165) is 19.6 Å². The van der Waals surface area contributed by atoms with Gasteiger partial charge in [0, 0.05) is 12.6 Å². The fourth-order valence-electron chi connectivity index (χ4n) is 3.12. The van der Waals surface area contributed by atoms with Crippen LogP contribution in [0.4, 0.5) is 0 Å². The van der Waals surface area contributed by atoms with E-state index in [1.54, 1.807) is 0 Å². The summed E-state index contributed by atoms with van der Waals surface area (Å²) < 4.78 is 5.77. The number of nitrogens with zero attached hydrogens (tertiary/aromatic N) is 1. The van der Waals surface area contributed by atoms with Gasteiger partial charge in [-0.1, -0.05) is 26.7 Å². The highest BCUT2D eigenvalue weighted by atomic mass is 16.5. The number of ether oxygens (including phenoxy) is 1. The van der Waals surface area contributed by atoms with Gasteiger partial charge in [0.2, 0.25) is 0 Å². The Morgan fingerprint density at radius 2 is 1.89 bits per heavy atom. The van der Waals surface area contributed by atoms with Crippen LogP contribution in [0.5, 0.6) is 0 Å². The van der Waals surface area contributed by atoms with Crippen molar-refractivity contribution in [2.24, 2.45) is 0 Å². The minimum absolute atomic E-state index is 0.0243. The molecule has 0 aromatic rings. The summed E-state index contributed by atoms with van der Waals surface area (Å²) in [5.74, 6) is 0. The van der Waals surface area contributed by atoms with Gasteiger partial charge < -0.3 is 20.1 Å². The molecular formula is C14H28N2O2. The third kappa shape index (κ3) is 3.44. The summed E-state index contributed by atoms with van der Waals surface area (Å²) in [6.45, 7) is 7.84. The third-order valence-corrected chi connectivity index (χ3v) is 4.42. The van der Waals surface area contributed by atoms with Gasteiger partial charge in [0.25, 0.3) is 0 Å². The molecule has 2 aliphatic rings. The molecule has 106 valence electrons. The molecule has 1 aliphatic heterocycles. The summed E-state index contributed by atoms with van der Waals surface area (Å²) in [6.07, 6.45) is 4.78. The smallest absolute Gasteiger partial charge is 0.0989 e. The van der Waals surface area contributed by atoms with Crippen LogP contribution in [-0.2, 0) is 4.74 Å². The summed E-state index contributed by atoms with van der Waals surface area (Å²) in [4.78, 5) is 2.31. The topological polar surface area (TPSA) is 44.7 Å². The average molecular weight is 256 g/mol. The predicted octanol–water partition coefficient (Wildman–Crippen LogP) is 0.989. The Labute approximate surface area is 111 Å². The van der Waals surface area contributed by atoms with Crippen molar-refractivity contribution in [2.75, 3.05) is 26.2 Å². The Balaban J connectivity index is 1.78. The fraction of sp³-hybridized carbons (Fsp3) is 1.00. The molecule has 0 spiro atoms. The maximum Gasteiger partial charge on any atom is 0.0989 e. The van der Waals surface area contributed by atoms with Crippen molar-refractivity contribution in [1.29, 1.82) is 0 Å². The molecule has 0 aromatic heterocycles. The lowest BCUT2D eigenvalue weighted by molar-refractivity contribution is 0.0169. The maximum absolute atomic E-state index is 10.3. The highest BCUT2D eigenvalue weighted by Crippen LogP contribution is 2.22. The number of aliphatic hydroxyl groups excluding tert-OH is 1. The van der Waals surface area contributed by atoms with Crippen LogP contribution in [-0.4, -0.2) is 60.5 Å². The first-order valence-corrected chi connectivity index (χ1v) is 7.52. The number of hydrogen-bond donors (Lipinski definition) is 2. The SMILES string of the molecule is CCN(CC)CC1OCC(NC2CCCC2)C1O. The molecule has 18 heavy (non-hydrogen) atoms. The Kier molecular flexibility index (Phi) is 5.42. The summed E-state index contributed by atoms with van der Waals surface area (Å²) in [6, 6.07) is 0.731.